The predicted molar refractivity (Wildman–Crippen MR) is 65.7 cm³/mol. The Bertz CT molecular complexity index is 386. The van der Waals surface area contributed by atoms with Gasteiger partial charge < -0.3 is 10.2 Å². The van der Waals surface area contributed by atoms with E-state index in [-0.39, 0.29) is 0 Å². The van der Waals surface area contributed by atoms with Gasteiger partial charge in [0.1, 0.15) is 0 Å². The van der Waals surface area contributed by atoms with Crippen LogP contribution in [0.3, 0.4) is 0 Å². The molecule has 1 saturated heterocycles. The van der Waals surface area contributed by atoms with Crippen LogP contribution < -0.4 is 10.2 Å². The van der Waals surface area contributed by atoms with Gasteiger partial charge in [0.15, 0.2) is 0 Å². The molecule has 1 aliphatic rings. The van der Waals surface area contributed by atoms with Crippen molar-refractivity contribution in [3.63, 3.8) is 0 Å². The number of hydrogen-bond acceptors (Lipinski definition) is 2. The lowest BCUT2D eigenvalue weighted by Gasteiger charge is -2.22. The molecule has 1 atom stereocenters. The fourth-order valence-electron chi connectivity index (χ4n) is 2.13. The molecule has 0 saturated carbocycles. The lowest BCUT2D eigenvalue weighted by Crippen LogP contribution is -2.28. The van der Waals surface area contributed by atoms with Crippen LogP contribution in [0.15, 0.2) is 24.3 Å². The molecular weight excluding hydrogens is 241 g/mol. The van der Waals surface area contributed by atoms with Gasteiger partial charge >= 0.3 is 6.18 Å². The summed E-state index contributed by atoms with van der Waals surface area (Å²) in [5, 5.41) is 3.36. The van der Waals surface area contributed by atoms with Gasteiger partial charge in [-0.2, -0.15) is 13.2 Å². The number of alkyl halides is 3. The Morgan fingerprint density at radius 3 is 2.44 bits per heavy atom. The summed E-state index contributed by atoms with van der Waals surface area (Å²) in [6.45, 7) is 4.69. The molecule has 0 bridgehead atoms. The van der Waals surface area contributed by atoms with E-state index in [1.165, 1.54) is 0 Å². The van der Waals surface area contributed by atoms with Crippen LogP contribution in [-0.4, -0.2) is 25.7 Å². The Labute approximate surface area is 105 Å². The molecular formula is C13H17F3N2. The first-order valence-corrected chi connectivity index (χ1v) is 6.12. The third-order valence-electron chi connectivity index (χ3n) is 3.27. The first-order valence-electron chi connectivity index (χ1n) is 6.12. The van der Waals surface area contributed by atoms with Gasteiger partial charge in [0, 0.05) is 31.4 Å². The Balaban J connectivity index is 2.09. The van der Waals surface area contributed by atoms with E-state index in [2.05, 4.69) is 17.1 Å². The zero-order valence-electron chi connectivity index (χ0n) is 10.3. The second-order valence-corrected chi connectivity index (χ2v) is 4.68. The molecule has 5 heteroatoms. The third-order valence-corrected chi connectivity index (χ3v) is 3.27. The van der Waals surface area contributed by atoms with E-state index < -0.39 is 11.7 Å². The Morgan fingerprint density at radius 1 is 1.17 bits per heavy atom. The number of nitrogens with one attached hydrogen (secondary N) is 1. The van der Waals surface area contributed by atoms with Crippen LogP contribution in [0.1, 0.15) is 18.9 Å². The Hall–Kier alpha value is -1.23. The normalized spacial score (nSPS) is 21.8. The summed E-state index contributed by atoms with van der Waals surface area (Å²) in [6.07, 6.45) is -3.26. The van der Waals surface area contributed by atoms with Crippen molar-refractivity contribution in [3.8, 4) is 0 Å². The van der Waals surface area contributed by atoms with E-state index in [0.29, 0.717) is 6.04 Å². The highest BCUT2D eigenvalue weighted by molar-refractivity contribution is 5.48. The standard InChI is InChI=1S/C13H17F3N2/c1-10-6-8-18(9-7-17-10)12-4-2-11(3-5-12)13(14,15)16/h2-5,10,17H,6-9H2,1H3. The minimum atomic E-state index is -4.26. The average molecular weight is 258 g/mol. The molecule has 0 aliphatic carbocycles. The second-order valence-electron chi connectivity index (χ2n) is 4.68. The zero-order chi connectivity index (χ0) is 13.2. The molecule has 18 heavy (non-hydrogen) atoms. The molecule has 0 amide bonds. The van der Waals surface area contributed by atoms with Crippen molar-refractivity contribution in [2.75, 3.05) is 24.5 Å². The molecule has 1 aliphatic heterocycles. The molecule has 1 heterocycles. The number of hydrogen-bond donors (Lipinski definition) is 1. The fourth-order valence-corrected chi connectivity index (χ4v) is 2.13. The number of halogens is 3. The largest absolute Gasteiger partial charge is 0.416 e. The van der Waals surface area contributed by atoms with Crippen molar-refractivity contribution in [2.45, 2.75) is 25.6 Å². The van der Waals surface area contributed by atoms with E-state index in [9.17, 15) is 13.2 Å². The zero-order valence-corrected chi connectivity index (χ0v) is 10.3. The van der Waals surface area contributed by atoms with E-state index >= 15 is 0 Å². The van der Waals surface area contributed by atoms with E-state index in [1.807, 2.05) is 0 Å². The smallest absolute Gasteiger partial charge is 0.370 e. The van der Waals surface area contributed by atoms with Crippen molar-refractivity contribution in [1.82, 2.24) is 5.32 Å². The predicted octanol–water partition coefficient (Wildman–Crippen LogP) is 2.89. The summed E-state index contributed by atoms with van der Waals surface area (Å²) in [4.78, 5) is 2.12. The van der Waals surface area contributed by atoms with Gasteiger partial charge in [-0.1, -0.05) is 0 Å². The van der Waals surface area contributed by atoms with Crippen LogP contribution in [0.5, 0.6) is 0 Å². The molecule has 0 spiro atoms. The van der Waals surface area contributed by atoms with E-state index in [0.717, 1.165) is 43.9 Å². The van der Waals surface area contributed by atoms with Crippen LogP contribution in [0, 0.1) is 0 Å². The summed E-state index contributed by atoms with van der Waals surface area (Å²) in [5.74, 6) is 0. The number of anilines is 1. The molecule has 100 valence electrons. The minimum absolute atomic E-state index is 0.462. The molecule has 0 aromatic heterocycles. The average Bonchev–Trinajstić information content (AvgIpc) is 2.53. The van der Waals surface area contributed by atoms with Crippen LogP contribution in [0.2, 0.25) is 0 Å². The van der Waals surface area contributed by atoms with Crippen molar-refractivity contribution in [3.05, 3.63) is 29.8 Å². The fraction of sp³-hybridized carbons (Fsp3) is 0.538. The SMILES string of the molecule is CC1CCN(c2ccc(C(F)(F)F)cc2)CCN1. The maximum Gasteiger partial charge on any atom is 0.416 e. The molecule has 1 aromatic rings. The summed E-state index contributed by atoms with van der Waals surface area (Å²) in [5.41, 5.74) is 0.270. The summed E-state index contributed by atoms with van der Waals surface area (Å²) < 4.78 is 37.4. The molecule has 1 N–H and O–H groups in total. The van der Waals surface area contributed by atoms with Crippen LogP contribution in [-0.2, 0) is 6.18 Å². The van der Waals surface area contributed by atoms with Crippen LogP contribution in [0.25, 0.3) is 0 Å². The van der Waals surface area contributed by atoms with Gasteiger partial charge in [0.2, 0.25) is 0 Å². The number of rotatable bonds is 1. The lowest BCUT2D eigenvalue weighted by molar-refractivity contribution is -0.137. The lowest BCUT2D eigenvalue weighted by atomic mass is 10.2. The second kappa shape index (κ2) is 5.18. The molecule has 2 nitrogen and oxygen atoms in total. The van der Waals surface area contributed by atoms with Crippen molar-refractivity contribution >= 4 is 5.69 Å². The van der Waals surface area contributed by atoms with Gasteiger partial charge in [-0.3, -0.25) is 0 Å². The van der Waals surface area contributed by atoms with Gasteiger partial charge in [-0.05, 0) is 37.6 Å². The monoisotopic (exact) mass is 258 g/mol. The minimum Gasteiger partial charge on any atom is -0.370 e. The van der Waals surface area contributed by atoms with Gasteiger partial charge in [-0.15, -0.1) is 0 Å². The third kappa shape index (κ3) is 3.16. The quantitative estimate of drug-likeness (QED) is 0.833. The summed E-state index contributed by atoms with van der Waals surface area (Å²) in [6, 6.07) is 5.87. The first kappa shape index (κ1) is 13.2. The van der Waals surface area contributed by atoms with Crippen molar-refractivity contribution in [1.29, 1.82) is 0 Å². The molecule has 0 radical (unpaired) electrons. The maximum absolute atomic E-state index is 12.5. The molecule has 1 aromatic carbocycles. The maximum atomic E-state index is 12.5. The molecule has 1 fully saturated rings. The Kier molecular flexibility index (Phi) is 3.80. The van der Waals surface area contributed by atoms with Crippen molar-refractivity contribution in [2.24, 2.45) is 0 Å². The van der Waals surface area contributed by atoms with Crippen LogP contribution in [0.4, 0.5) is 18.9 Å². The highest BCUT2D eigenvalue weighted by atomic mass is 19.4. The van der Waals surface area contributed by atoms with E-state index in [4.69, 9.17) is 0 Å². The molecule has 2 rings (SSSR count). The first-order chi connectivity index (χ1) is 8.47. The Morgan fingerprint density at radius 2 is 1.83 bits per heavy atom. The van der Waals surface area contributed by atoms with Gasteiger partial charge in [-0.25, -0.2) is 0 Å². The van der Waals surface area contributed by atoms with Crippen LogP contribution >= 0.6 is 0 Å². The van der Waals surface area contributed by atoms with E-state index in [1.54, 1.807) is 12.1 Å². The number of benzene rings is 1. The summed E-state index contributed by atoms with van der Waals surface area (Å²) >= 11 is 0. The number of nitrogens with zero attached hydrogens (tertiary/aromatic N) is 1. The topological polar surface area (TPSA) is 15.3 Å². The van der Waals surface area contributed by atoms with Crippen molar-refractivity contribution < 1.29 is 13.2 Å². The molecule has 1 unspecified atom stereocenters. The van der Waals surface area contributed by atoms with Gasteiger partial charge in [0.25, 0.3) is 0 Å². The van der Waals surface area contributed by atoms with Gasteiger partial charge in [0.05, 0.1) is 5.56 Å². The summed E-state index contributed by atoms with van der Waals surface area (Å²) in [7, 11) is 0. The highest BCUT2D eigenvalue weighted by Crippen LogP contribution is 2.30. The highest BCUT2D eigenvalue weighted by Gasteiger charge is 2.30.